The van der Waals surface area contributed by atoms with E-state index in [0.717, 1.165) is 0 Å². The minimum absolute atomic E-state index is 0.110. The summed E-state index contributed by atoms with van der Waals surface area (Å²) in [7, 11) is 0. The number of rotatable bonds is 2. The van der Waals surface area contributed by atoms with Gasteiger partial charge in [-0.2, -0.15) is 13.2 Å². The lowest BCUT2D eigenvalue weighted by atomic mass is 10.1. The van der Waals surface area contributed by atoms with Crippen LogP contribution in [0, 0.1) is 11.1 Å². The molecule has 5 nitrogen and oxygen atoms in total. The second-order valence-corrected chi connectivity index (χ2v) is 2.75. The molecule has 1 aliphatic heterocycles. The standard InChI is InChI=1S/C7H8F3NO4/c1-2-14-6(12)5-4(7(8,9)10)3-15-11(5)13/h4H,2-3H2,1H3. The Kier molecular flexibility index (Phi) is 3.06. The van der Waals surface area contributed by atoms with Gasteiger partial charge in [0, 0.05) is 4.90 Å². The predicted molar refractivity (Wildman–Crippen MR) is 40.8 cm³/mol. The van der Waals surface area contributed by atoms with Crippen LogP contribution in [-0.2, 0) is 14.4 Å². The lowest BCUT2D eigenvalue weighted by Crippen LogP contribution is -2.37. The normalized spacial score (nSPS) is 21.5. The Balaban J connectivity index is 2.91. The first kappa shape index (κ1) is 11.6. The van der Waals surface area contributed by atoms with Gasteiger partial charge in [0.05, 0.1) is 13.2 Å². The molecule has 0 amide bonds. The zero-order valence-electron chi connectivity index (χ0n) is 7.71. The molecule has 0 bridgehead atoms. The van der Waals surface area contributed by atoms with Gasteiger partial charge in [-0.3, -0.25) is 5.21 Å². The van der Waals surface area contributed by atoms with Gasteiger partial charge < -0.3 is 9.57 Å². The molecule has 0 radical (unpaired) electrons. The van der Waals surface area contributed by atoms with Crippen LogP contribution in [0.15, 0.2) is 0 Å². The van der Waals surface area contributed by atoms with E-state index in [1.54, 1.807) is 0 Å². The van der Waals surface area contributed by atoms with Crippen molar-refractivity contribution in [3.63, 3.8) is 0 Å². The molecule has 0 aliphatic carbocycles. The van der Waals surface area contributed by atoms with Gasteiger partial charge in [0.2, 0.25) is 0 Å². The van der Waals surface area contributed by atoms with Crippen LogP contribution in [0.2, 0.25) is 0 Å². The van der Waals surface area contributed by atoms with E-state index in [1.165, 1.54) is 6.92 Å². The molecule has 0 saturated carbocycles. The summed E-state index contributed by atoms with van der Waals surface area (Å²) in [6.45, 7) is 0.425. The molecule has 8 heteroatoms. The average Bonchev–Trinajstić information content (AvgIpc) is 2.46. The highest BCUT2D eigenvalue weighted by Crippen LogP contribution is 2.30. The molecule has 1 aliphatic rings. The minimum Gasteiger partial charge on any atom is -0.458 e. The number of ether oxygens (including phenoxy) is 1. The molecule has 0 aromatic carbocycles. The lowest BCUT2D eigenvalue weighted by molar-refractivity contribution is -0.730. The maximum Gasteiger partial charge on any atom is 0.405 e. The molecule has 0 saturated heterocycles. The van der Waals surface area contributed by atoms with Crippen molar-refractivity contribution in [2.45, 2.75) is 13.1 Å². The number of halogens is 3. The maximum absolute atomic E-state index is 12.3. The van der Waals surface area contributed by atoms with E-state index in [9.17, 15) is 23.2 Å². The van der Waals surface area contributed by atoms with Crippen LogP contribution in [0.3, 0.4) is 0 Å². The summed E-state index contributed by atoms with van der Waals surface area (Å²) >= 11 is 0. The molecule has 86 valence electrons. The topological polar surface area (TPSA) is 61.6 Å². The molecule has 0 aromatic rings. The highest BCUT2D eigenvalue weighted by Gasteiger charge is 2.54. The molecule has 1 unspecified atom stereocenters. The van der Waals surface area contributed by atoms with Crippen molar-refractivity contribution < 1.29 is 32.4 Å². The number of esters is 1. The Morgan fingerprint density at radius 1 is 1.73 bits per heavy atom. The van der Waals surface area contributed by atoms with Crippen molar-refractivity contribution in [3.05, 3.63) is 5.21 Å². The van der Waals surface area contributed by atoms with Crippen molar-refractivity contribution >= 4 is 11.7 Å². The molecule has 0 fully saturated rings. The van der Waals surface area contributed by atoms with Crippen LogP contribution in [-0.4, -0.2) is 36.0 Å². The maximum atomic E-state index is 12.3. The van der Waals surface area contributed by atoms with Crippen LogP contribution >= 0.6 is 0 Å². The molecule has 1 atom stereocenters. The molecule has 15 heavy (non-hydrogen) atoms. The number of alkyl halides is 3. The highest BCUT2D eigenvalue weighted by atomic mass is 19.4. The van der Waals surface area contributed by atoms with Crippen molar-refractivity contribution in [2.75, 3.05) is 13.2 Å². The Bertz CT molecular complexity index is 299. The fraction of sp³-hybridized carbons (Fsp3) is 0.714. The first-order valence-corrected chi connectivity index (χ1v) is 4.08. The van der Waals surface area contributed by atoms with E-state index in [1.807, 2.05) is 0 Å². The molecule has 0 N–H and O–H groups in total. The molecule has 0 aromatic heterocycles. The molecular weight excluding hydrogens is 219 g/mol. The second kappa shape index (κ2) is 3.95. The summed E-state index contributed by atoms with van der Waals surface area (Å²) in [6.07, 6.45) is -4.69. The van der Waals surface area contributed by atoms with Gasteiger partial charge in [0.15, 0.2) is 5.92 Å². The number of carbonyl (C=O) groups is 1. The van der Waals surface area contributed by atoms with Crippen LogP contribution in [0.4, 0.5) is 13.2 Å². The average molecular weight is 227 g/mol. The van der Waals surface area contributed by atoms with Gasteiger partial charge in [-0.15, -0.1) is 0 Å². The summed E-state index contributed by atoms with van der Waals surface area (Å²) in [5.41, 5.74) is -1.05. The van der Waals surface area contributed by atoms with E-state index in [0.29, 0.717) is 0 Å². The van der Waals surface area contributed by atoms with E-state index < -0.39 is 35.3 Å². The number of hydrogen-bond donors (Lipinski definition) is 0. The Hall–Kier alpha value is -1.47. The fourth-order valence-corrected chi connectivity index (χ4v) is 1.09. The third-order valence-corrected chi connectivity index (χ3v) is 1.76. The van der Waals surface area contributed by atoms with Crippen molar-refractivity contribution in [1.82, 2.24) is 0 Å². The van der Waals surface area contributed by atoms with Gasteiger partial charge in [-0.1, -0.05) is 0 Å². The summed E-state index contributed by atoms with van der Waals surface area (Å²) in [5.74, 6) is -3.51. The molecule has 1 heterocycles. The van der Waals surface area contributed by atoms with Gasteiger partial charge in [0.1, 0.15) is 0 Å². The number of carbonyl (C=O) groups excluding carboxylic acids is 1. The number of nitrogens with zero attached hydrogens (tertiary/aromatic N) is 1. The van der Waals surface area contributed by atoms with Crippen LogP contribution in [0.5, 0.6) is 0 Å². The largest absolute Gasteiger partial charge is 0.458 e. The predicted octanol–water partition coefficient (Wildman–Crippen LogP) is 0.625. The monoisotopic (exact) mass is 227 g/mol. The quantitative estimate of drug-likeness (QED) is 0.512. The van der Waals surface area contributed by atoms with Crippen molar-refractivity contribution in [2.24, 2.45) is 5.92 Å². The van der Waals surface area contributed by atoms with E-state index in [2.05, 4.69) is 9.57 Å². The summed E-state index contributed by atoms with van der Waals surface area (Å²) < 4.78 is 41.3. The Morgan fingerprint density at radius 2 is 2.33 bits per heavy atom. The van der Waals surface area contributed by atoms with Gasteiger partial charge in [0.25, 0.3) is 0 Å². The summed E-state index contributed by atoms with van der Waals surface area (Å²) in [4.78, 5) is 14.7. The SMILES string of the molecule is CCOC(=O)C1=[N+]([O-])OCC1C(F)(F)F. The lowest BCUT2D eigenvalue weighted by Gasteiger charge is -2.10. The Morgan fingerprint density at radius 3 is 2.80 bits per heavy atom. The van der Waals surface area contributed by atoms with Crippen molar-refractivity contribution in [3.8, 4) is 0 Å². The summed E-state index contributed by atoms with van der Waals surface area (Å²) in [5, 5.41) is 10.8. The first-order chi connectivity index (χ1) is 6.88. The van der Waals surface area contributed by atoms with E-state index in [-0.39, 0.29) is 6.61 Å². The third-order valence-electron chi connectivity index (χ3n) is 1.76. The fourth-order valence-electron chi connectivity index (χ4n) is 1.09. The third kappa shape index (κ3) is 2.31. The van der Waals surface area contributed by atoms with Crippen LogP contribution in [0.1, 0.15) is 6.92 Å². The highest BCUT2D eigenvalue weighted by molar-refractivity contribution is 6.35. The van der Waals surface area contributed by atoms with Gasteiger partial charge in [-0.25, -0.2) is 4.79 Å². The van der Waals surface area contributed by atoms with Crippen LogP contribution < -0.4 is 0 Å². The number of hydrogen-bond acceptors (Lipinski definition) is 4. The Labute approximate surface area is 82.6 Å². The van der Waals surface area contributed by atoms with E-state index in [4.69, 9.17) is 0 Å². The van der Waals surface area contributed by atoms with E-state index >= 15 is 0 Å². The van der Waals surface area contributed by atoms with Crippen LogP contribution in [0.25, 0.3) is 0 Å². The first-order valence-electron chi connectivity index (χ1n) is 4.08. The second-order valence-electron chi connectivity index (χ2n) is 2.75. The summed E-state index contributed by atoms with van der Waals surface area (Å²) in [6, 6.07) is 0. The zero-order valence-corrected chi connectivity index (χ0v) is 7.71. The van der Waals surface area contributed by atoms with Gasteiger partial charge >= 0.3 is 17.9 Å². The molecular formula is C7H8F3NO4. The van der Waals surface area contributed by atoms with Gasteiger partial charge in [-0.05, 0) is 6.92 Å². The smallest absolute Gasteiger partial charge is 0.405 e. The minimum atomic E-state index is -4.69. The molecule has 0 spiro atoms. The van der Waals surface area contributed by atoms with Crippen molar-refractivity contribution in [1.29, 1.82) is 0 Å². The zero-order chi connectivity index (χ0) is 11.6. The molecule has 1 rings (SSSR count).